The molecule has 0 aliphatic rings. The minimum atomic E-state index is -1.97. The van der Waals surface area contributed by atoms with Gasteiger partial charge in [0.05, 0.1) is 0 Å². The summed E-state index contributed by atoms with van der Waals surface area (Å²) in [6, 6.07) is 0. The summed E-state index contributed by atoms with van der Waals surface area (Å²) in [5.41, 5.74) is 0. The summed E-state index contributed by atoms with van der Waals surface area (Å²) in [6.45, 7) is 7.73. The minimum Gasteiger partial charge on any atom is -0.437 e. The second kappa shape index (κ2) is 3.51. The fourth-order valence-corrected chi connectivity index (χ4v) is 7.50. The van der Waals surface area contributed by atoms with Gasteiger partial charge < -0.3 is 8.23 Å². The van der Waals surface area contributed by atoms with Crippen LogP contribution in [0.3, 0.4) is 0 Å². The first-order chi connectivity index (χ1) is 4.27. The highest BCUT2D eigenvalue weighted by molar-refractivity contribution is 7.17. The van der Waals surface area contributed by atoms with Crippen LogP contribution in [0.25, 0.3) is 0 Å². The highest BCUT2D eigenvalue weighted by atomic mass is 35.6. The van der Waals surface area contributed by atoms with Crippen molar-refractivity contribution in [3.63, 3.8) is 0 Å². The molecule has 0 amide bonds. The average Bonchev–Trinajstić information content (AvgIpc) is 1.60. The van der Waals surface area contributed by atoms with E-state index in [9.17, 15) is 0 Å². The highest BCUT2D eigenvalue weighted by Crippen LogP contribution is 2.17. The van der Waals surface area contributed by atoms with Crippen LogP contribution in [0.4, 0.5) is 0 Å². The van der Waals surface area contributed by atoms with Crippen LogP contribution in [0.2, 0.25) is 26.2 Å². The Morgan fingerprint density at radius 1 is 1.20 bits per heavy atom. The molecule has 0 aliphatic carbocycles. The summed E-state index contributed by atoms with van der Waals surface area (Å²) < 4.78 is 10.5. The molecule has 0 unspecified atom stereocenters. The van der Waals surface area contributed by atoms with Crippen LogP contribution in [0, 0.1) is 0 Å². The van der Waals surface area contributed by atoms with E-state index in [1.807, 2.05) is 26.2 Å². The van der Waals surface area contributed by atoms with E-state index in [0.717, 1.165) is 0 Å². The zero-order valence-corrected chi connectivity index (χ0v) is 10.5. The van der Waals surface area contributed by atoms with Crippen molar-refractivity contribution < 1.29 is 8.23 Å². The van der Waals surface area contributed by atoms with Crippen LogP contribution in [-0.4, -0.2) is 26.7 Å². The molecule has 0 saturated heterocycles. The topological polar surface area (TPSA) is 18.5 Å². The number of hydrogen-bond acceptors (Lipinski definition) is 2. The molecule has 0 atom stereocenters. The Hall–Kier alpha value is 0.861. The first-order valence-corrected chi connectivity index (χ1v) is 10.2. The van der Waals surface area contributed by atoms with Crippen LogP contribution in [0.5, 0.6) is 0 Å². The molecule has 0 aromatic rings. The van der Waals surface area contributed by atoms with E-state index < -0.39 is 16.2 Å². The zero-order chi connectivity index (χ0) is 8.41. The first-order valence-electron chi connectivity index (χ1n) is 3.01. The second-order valence-corrected chi connectivity index (χ2v) is 12.9. The SMILES string of the molecule is C[Si](C)(Cl)O[Si](C)(C)O[Si]. The normalized spacial score (nSPS) is 13.8. The lowest BCUT2D eigenvalue weighted by atomic mass is 11.9. The largest absolute Gasteiger partial charge is 0.437 e. The molecule has 59 valence electrons. The van der Waals surface area contributed by atoms with Gasteiger partial charge in [-0.1, -0.05) is 0 Å². The first kappa shape index (κ1) is 10.9. The summed E-state index contributed by atoms with van der Waals surface area (Å²) >= 11 is 5.95. The molecule has 0 bridgehead atoms. The fraction of sp³-hybridized carbons (Fsp3) is 1.00. The maximum absolute atomic E-state index is 5.95. The molecule has 0 aromatic carbocycles. The molecule has 2 nitrogen and oxygen atoms in total. The Morgan fingerprint density at radius 3 is 1.70 bits per heavy atom. The third kappa shape index (κ3) is 5.63. The smallest absolute Gasteiger partial charge is 0.311 e. The van der Waals surface area contributed by atoms with Crippen molar-refractivity contribution in [2.45, 2.75) is 26.2 Å². The number of hydrogen-bond donors (Lipinski definition) is 0. The van der Waals surface area contributed by atoms with E-state index in [-0.39, 0.29) is 0 Å². The van der Waals surface area contributed by atoms with Gasteiger partial charge in [0, 0.05) is 0 Å². The molecule has 3 radical (unpaired) electrons. The summed E-state index contributed by atoms with van der Waals surface area (Å²) in [7, 11) is -0.935. The van der Waals surface area contributed by atoms with E-state index in [0.29, 0.717) is 0 Å². The van der Waals surface area contributed by atoms with Crippen molar-refractivity contribution in [1.29, 1.82) is 0 Å². The van der Waals surface area contributed by atoms with Crippen molar-refractivity contribution in [3.05, 3.63) is 0 Å². The minimum absolute atomic E-state index is 1.93. The molecule has 6 heteroatoms. The predicted molar refractivity (Wildman–Crippen MR) is 48.7 cm³/mol. The Kier molecular flexibility index (Phi) is 3.81. The molecule has 0 aromatic heterocycles. The lowest BCUT2D eigenvalue weighted by molar-refractivity contribution is 0.425. The van der Waals surface area contributed by atoms with E-state index >= 15 is 0 Å². The molecule has 0 spiro atoms. The third-order valence-corrected chi connectivity index (χ3v) is 7.30. The summed E-state index contributed by atoms with van der Waals surface area (Å²) in [5, 5.41) is 0. The van der Waals surface area contributed by atoms with Crippen LogP contribution in [-0.2, 0) is 8.23 Å². The molecule has 0 N–H and O–H groups in total. The maximum Gasteiger partial charge on any atom is 0.311 e. The molecule has 0 fully saturated rings. The predicted octanol–water partition coefficient (Wildman–Crippen LogP) is 1.75. The molecule has 0 aliphatic heterocycles. The lowest BCUT2D eigenvalue weighted by Crippen LogP contribution is -2.43. The molecule has 0 heterocycles. The van der Waals surface area contributed by atoms with Gasteiger partial charge in [0.25, 0.3) is 7.63 Å². The monoisotopic (exact) mass is 211 g/mol. The van der Waals surface area contributed by atoms with Crippen LogP contribution >= 0.6 is 11.1 Å². The molecule has 10 heavy (non-hydrogen) atoms. The Balaban J connectivity index is 3.89. The van der Waals surface area contributed by atoms with Crippen LogP contribution in [0.15, 0.2) is 0 Å². The van der Waals surface area contributed by atoms with Crippen molar-refractivity contribution in [1.82, 2.24) is 0 Å². The van der Waals surface area contributed by atoms with E-state index in [2.05, 4.69) is 10.5 Å². The summed E-state index contributed by atoms with van der Waals surface area (Å²) in [5.74, 6) is 0. The van der Waals surface area contributed by atoms with Gasteiger partial charge in [0.1, 0.15) is 0 Å². The second-order valence-electron chi connectivity index (χ2n) is 2.97. The van der Waals surface area contributed by atoms with E-state index in [4.69, 9.17) is 19.3 Å². The third-order valence-electron chi connectivity index (χ3n) is 0.734. The summed E-state index contributed by atoms with van der Waals surface area (Å²) in [4.78, 5) is 0. The zero-order valence-electron chi connectivity index (χ0n) is 6.69. The molecule has 0 rings (SSSR count). The molecular formula is C4H12ClO2Si3. The number of halogens is 1. The van der Waals surface area contributed by atoms with Gasteiger partial charge in [0.15, 0.2) is 0 Å². The molecular weight excluding hydrogens is 200 g/mol. The van der Waals surface area contributed by atoms with E-state index in [1.54, 1.807) is 0 Å². The fourth-order valence-electron chi connectivity index (χ4n) is 0.605. The van der Waals surface area contributed by atoms with Gasteiger partial charge in [-0.2, -0.15) is 0 Å². The van der Waals surface area contributed by atoms with Crippen molar-refractivity contribution >= 4 is 37.8 Å². The molecule has 0 saturated carbocycles. The Labute approximate surface area is 72.5 Å². The maximum atomic E-state index is 5.95. The lowest BCUT2D eigenvalue weighted by Gasteiger charge is -2.27. The van der Waals surface area contributed by atoms with Gasteiger partial charge in [-0.15, -0.1) is 11.1 Å². The number of rotatable bonds is 3. The van der Waals surface area contributed by atoms with Crippen LogP contribution < -0.4 is 0 Å². The van der Waals surface area contributed by atoms with Gasteiger partial charge >= 0.3 is 8.56 Å². The van der Waals surface area contributed by atoms with Crippen molar-refractivity contribution in [3.8, 4) is 0 Å². The highest BCUT2D eigenvalue weighted by Gasteiger charge is 2.31. The van der Waals surface area contributed by atoms with Gasteiger partial charge in [-0.25, -0.2) is 0 Å². The van der Waals surface area contributed by atoms with E-state index in [1.165, 1.54) is 0 Å². The Morgan fingerprint density at radius 2 is 1.60 bits per heavy atom. The van der Waals surface area contributed by atoms with Crippen molar-refractivity contribution in [2.24, 2.45) is 0 Å². The van der Waals surface area contributed by atoms with Gasteiger partial charge in [0.2, 0.25) is 10.5 Å². The van der Waals surface area contributed by atoms with Gasteiger partial charge in [-0.3, -0.25) is 0 Å². The van der Waals surface area contributed by atoms with Gasteiger partial charge in [-0.05, 0) is 26.2 Å². The quantitative estimate of drug-likeness (QED) is 0.523. The summed E-state index contributed by atoms with van der Waals surface area (Å²) in [6.07, 6.45) is 0. The average molecular weight is 212 g/mol. The standard InChI is InChI=1S/C4H12ClO2Si3/c1-9(2,5)7-10(3,4)6-8/h1-4H3. The van der Waals surface area contributed by atoms with Crippen LogP contribution in [0.1, 0.15) is 0 Å². The van der Waals surface area contributed by atoms with Crippen molar-refractivity contribution in [2.75, 3.05) is 0 Å². The Bertz CT molecular complexity index is 112.